The van der Waals surface area contributed by atoms with Crippen molar-refractivity contribution in [3.8, 4) is 11.5 Å². The van der Waals surface area contributed by atoms with Crippen LogP contribution in [0.4, 0.5) is 5.69 Å². The molecule has 0 aliphatic rings. The van der Waals surface area contributed by atoms with Gasteiger partial charge in [-0.25, -0.2) is 10.2 Å². The zero-order valence-electron chi connectivity index (χ0n) is 18.2. The number of esters is 1. The number of benzene rings is 3. The maximum atomic E-state index is 12.6. The molecule has 0 bridgehead atoms. The molecule has 3 aromatic carbocycles. The van der Waals surface area contributed by atoms with Crippen LogP contribution >= 0.6 is 39.1 Å². The van der Waals surface area contributed by atoms with Gasteiger partial charge in [0.25, 0.3) is 0 Å². The lowest BCUT2D eigenvalue weighted by Crippen LogP contribution is -2.32. The van der Waals surface area contributed by atoms with E-state index in [4.69, 9.17) is 32.7 Å². The van der Waals surface area contributed by atoms with Gasteiger partial charge in [0.1, 0.15) is 11.5 Å². The van der Waals surface area contributed by atoms with Gasteiger partial charge >= 0.3 is 17.8 Å². The number of anilines is 1. The van der Waals surface area contributed by atoms with E-state index in [1.807, 2.05) is 6.92 Å². The summed E-state index contributed by atoms with van der Waals surface area (Å²) in [6.45, 7) is 2.38. The fraction of sp³-hybridized carbons (Fsp3) is 0.0833. The molecule has 0 aliphatic carbocycles. The van der Waals surface area contributed by atoms with Gasteiger partial charge in [-0.1, -0.05) is 45.2 Å². The summed E-state index contributed by atoms with van der Waals surface area (Å²) in [7, 11) is 0. The van der Waals surface area contributed by atoms with Crippen LogP contribution in [0.5, 0.6) is 11.5 Å². The Balaban J connectivity index is 1.66. The van der Waals surface area contributed by atoms with Crippen LogP contribution in [0.1, 0.15) is 22.8 Å². The van der Waals surface area contributed by atoms with E-state index in [-0.39, 0.29) is 21.5 Å². The molecule has 0 fully saturated rings. The Labute approximate surface area is 219 Å². The van der Waals surface area contributed by atoms with Gasteiger partial charge in [0, 0.05) is 10.0 Å². The molecule has 0 saturated heterocycles. The van der Waals surface area contributed by atoms with Gasteiger partial charge in [-0.2, -0.15) is 5.10 Å². The lowest BCUT2D eigenvalue weighted by Gasteiger charge is -2.09. The molecule has 35 heavy (non-hydrogen) atoms. The first kappa shape index (κ1) is 26.2. The van der Waals surface area contributed by atoms with Crippen molar-refractivity contribution in [2.75, 3.05) is 11.9 Å². The van der Waals surface area contributed by atoms with Crippen molar-refractivity contribution in [3.63, 3.8) is 0 Å². The van der Waals surface area contributed by atoms with E-state index in [0.29, 0.717) is 28.0 Å². The molecule has 0 saturated carbocycles. The minimum Gasteiger partial charge on any atom is -0.494 e. The van der Waals surface area contributed by atoms with Crippen LogP contribution in [-0.2, 0) is 9.59 Å². The molecule has 0 unspecified atom stereocenters. The number of nitrogens with zero attached hydrogens (tertiary/aromatic N) is 1. The number of amides is 2. The Hall–Kier alpha value is -3.40. The van der Waals surface area contributed by atoms with E-state index in [1.165, 1.54) is 12.3 Å². The number of carbonyl (C=O) groups is 3. The molecule has 180 valence electrons. The molecular weight excluding hydrogens is 561 g/mol. The average molecular weight is 579 g/mol. The summed E-state index contributed by atoms with van der Waals surface area (Å²) < 4.78 is 11.5. The van der Waals surface area contributed by atoms with E-state index in [2.05, 4.69) is 31.8 Å². The molecule has 8 nitrogen and oxygen atoms in total. The summed E-state index contributed by atoms with van der Waals surface area (Å²) in [6, 6.07) is 16.0. The molecular formula is C24H18BrCl2N3O5. The number of nitrogens with one attached hydrogen (secondary N) is 2. The van der Waals surface area contributed by atoms with Crippen LogP contribution in [0.15, 0.2) is 70.2 Å². The predicted molar refractivity (Wildman–Crippen MR) is 138 cm³/mol. The van der Waals surface area contributed by atoms with Gasteiger partial charge in [-0.05, 0) is 61.5 Å². The molecule has 0 aromatic heterocycles. The topological polar surface area (TPSA) is 106 Å². The Morgan fingerprint density at radius 3 is 2.49 bits per heavy atom. The fourth-order valence-corrected chi connectivity index (χ4v) is 3.44. The van der Waals surface area contributed by atoms with Crippen LogP contribution in [0.3, 0.4) is 0 Å². The first-order chi connectivity index (χ1) is 16.8. The summed E-state index contributed by atoms with van der Waals surface area (Å²) in [6.07, 6.45) is 1.24. The third-order valence-electron chi connectivity index (χ3n) is 4.35. The largest absolute Gasteiger partial charge is 0.494 e. The molecule has 2 amide bonds. The summed E-state index contributed by atoms with van der Waals surface area (Å²) in [5, 5.41) is 6.46. The first-order valence-corrected chi connectivity index (χ1v) is 11.7. The highest BCUT2D eigenvalue weighted by atomic mass is 79.9. The van der Waals surface area contributed by atoms with Crippen LogP contribution in [0.2, 0.25) is 10.0 Å². The lowest BCUT2D eigenvalue weighted by atomic mass is 10.2. The third kappa shape index (κ3) is 7.29. The summed E-state index contributed by atoms with van der Waals surface area (Å²) >= 11 is 15.2. The Morgan fingerprint density at radius 2 is 1.77 bits per heavy atom. The van der Waals surface area contributed by atoms with Gasteiger partial charge in [-0.3, -0.25) is 9.59 Å². The quantitative estimate of drug-likeness (QED) is 0.127. The summed E-state index contributed by atoms with van der Waals surface area (Å²) in [4.78, 5) is 36.8. The number of hydrogen-bond acceptors (Lipinski definition) is 6. The van der Waals surface area contributed by atoms with Crippen LogP contribution < -0.4 is 20.2 Å². The number of halogens is 3. The molecule has 0 atom stereocenters. The van der Waals surface area contributed by atoms with Gasteiger partial charge < -0.3 is 14.8 Å². The van der Waals surface area contributed by atoms with E-state index in [9.17, 15) is 14.4 Å². The second kappa shape index (κ2) is 12.3. The molecule has 2 N–H and O–H groups in total. The molecule has 0 radical (unpaired) electrons. The number of hydrazone groups is 1. The predicted octanol–water partition coefficient (Wildman–Crippen LogP) is 5.46. The molecule has 0 heterocycles. The second-order valence-corrected chi connectivity index (χ2v) is 8.48. The highest BCUT2D eigenvalue weighted by Crippen LogP contribution is 2.29. The van der Waals surface area contributed by atoms with Crippen LogP contribution in [0.25, 0.3) is 0 Å². The maximum Gasteiger partial charge on any atom is 0.343 e. The zero-order valence-corrected chi connectivity index (χ0v) is 21.3. The van der Waals surface area contributed by atoms with Crippen LogP contribution in [0, 0.1) is 0 Å². The van der Waals surface area contributed by atoms with Crippen molar-refractivity contribution in [2.24, 2.45) is 5.10 Å². The SMILES string of the molecule is CCOc1ccc(C(=O)Oc2ccc(Br)cc2/C=N\NC(=O)C(=O)Nc2cccc(Cl)c2Cl)cc1. The number of hydrogen-bond donors (Lipinski definition) is 2. The molecule has 0 aliphatic heterocycles. The standard InChI is InChI=1S/C24H18BrCl2N3O5/c1-2-34-17-9-6-14(7-10-17)24(33)35-20-11-8-16(25)12-15(20)13-28-30-23(32)22(31)29-19-5-3-4-18(26)21(19)27/h3-13H,2H2,1H3,(H,29,31)(H,30,32)/b28-13-. The zero-order chi connectivity index (χ0) is 25.4. The minimum absolute atomic E-state index is 0.104. The summed E-state index contributed by atoms with van der Waals surface area (Å²) in [5.41, 5.74) is 2.98. The Morgan fingerprint density at radius 1 is 1.03 bits per heavy atom. The highest BCUT2D eigenvalue weighted by Gasteiger charge is 2.16. The third-order valence-corrected chi connectivity index (χ3v) is 5.66. The van der Waals surface area contributed by atoms with Crippen molar-refractivity contribution in [3.05, 3.63) is 86.3 Å². The van der Waals surface area contributed by atoms with Crippen molar-refractivity contribution >= 4 is 68.8 Å². The van der Waals surface area contributed by atoms with Crippen molar-refractivity contribution in [1.82, 2.24) is 5.43 Å². The lowest BCUT2D eigenvalue weighted by molar-refractivity contribution is -0.136. The normalized spacial score (nSPS) is 10.6. The molecule has 3 aromatic rings. The van der Waals surface area contributed by atoms with Gasteiger partial charge in [0.05, 0.1) is 34.1 Å². The number of carbonyl (C=O) groups excluding carboxylic acids is 3. The van der Waals surface area contributed by atoms with Crippen molar-refractivity contribution in [2.45, 2.75) is 6.92 Å². The number of ether oxygens (including phenoxy) is 2. The van der Waals surface area contributed by atoms with Gasteiger partial charge in [0.2, 0.25) is 0 Å². The highest BCUT2D eigenvalue weighted by molar-refractivity contribution is 9.10. The van der Waals surface area contributed by atoms with Gasteiger partial charge in [0.15, 0.2) is 0 Å². The first-order valence-electron chi connectivity index (χ1n) is 10.1. The van der Waals surface area contributed by atoms with Crippen LogP contribution in [-0.4, -0.2) is 30.6 Å². The van der Waals surface area contributed by atoms with E-state index in [0.717, 1.165) is 0 Å². The van der Waals surface area contributed by atoms with E-state index < -0.39 is 17.8 Å². The van der Waals surface area contributed by atoms with Crippen molar-refractivity contribution in [1.29, 1.82) is 0 Å². The van der Waals surface area contributed by atoms with Crippen molar-refractivity contribution < 1.29 is 23.9 Å². The molecule has 3 rings (SSSR count). The van der Waals surface area contributed by atoms with Gasteiger partial charge in [-0.15, -0.1) is 0 Å². The maximum absolute atomic E-state index is 12.6. The second-order valence-electron chi connectivity index (χ2n) is 6.78. The van der Waals surface area contributed by atoms with E-state index in [1.54, 1.807) is 54.6 Å². The molecule has 11 heteroatoms. The average Bonchev–Trinajstić information content (AvgIpc) is 2.84. The fourth-order valence-electron chi connectivity index (χ4n) is 2.72. The Kier molecular flexibility index (Phi) is 9.25. The number of rotatable bonds is 7. The minimum atomic E-state index is -1.04. The van der Waals surface area contributed by atoms with E-state index >= 15 is 0 Å². The Bertz CT molecular complexity index is 1280. The smallest absolute Gasteiger partial charge is 0.343 e. The molecule has 0 spiro atoms. The monoisotopic (exact) mass is 577 g/mol. The summed E-state index contributed by atoms with van der Waals surface area (Å²) in [5.74, 6) is -1.80.